The van der Waals surface area contributed by atoms with Crippen molar-refractivity contribution in [3.63, 3.8) is 0 Å². The molecule has 0 amide bonds. The molecule has 2 aromatic heterocycles. The van der Waals surface area contributed by atoms with Gasteiger partial charge in [0.2, 0.25) is 0 Å². The predicted molar refractivity (Wildman–Crippen MR) is 122 cm³/mol. The Hall–Kier alpha value is -2.40. The highest BCUT2D eigenvalue weighted by Crippen LogP contribution is 2.28. The van der Waals surface area contributed by atoms with E-state index in [-0.39, 0.29) is 11.8 Å². The number of aromatic hydroxyl groups is 1. The minimum absolute atomic E-state index is 0.0401. The van der Waals surface area contributed by atoms with Crippen molar-refractivity contribution in [3.05, 3.63) is 60.0 Å². The molecule has 1 atom stereocenters. The number of anilines is 1. The van der Waals surface area contributed by atoms with Crippen LogP contribution < -0.4 is 4.90 Å². The zero-order chi connectivity index (χ0) is 22.0. The Morgan fingerprint density at radius 3 is 2.65 bits per heavy atom. The van der Waals surface area contributed by atoms with Crippen LogP contribution in [-0.4, -0.2) is 71.5 Å². The molecule has 1 aromatic carbocycles. The topological polar surface area (TPSA) is 81.9 Å². The molecule has 0 bridgehead atoms. The number of phenolic OH excluding ortho intramolecular Hbond substituents is 1. The molecule has 1 aliphatic rings. The molecule has 8 nitrogen and oxygen atoms in total. The highest BCUT2D eigenvalue weighted by atomic mass is 32.2. The number of sulfonamides is 1. The smallest absolute Gasteiger partial charge is 0.252 e. The summed E-state index contributed by atoms with van der Waals surface area (Å²) in [5.74, 6) is 0.214. The van der Waals surface area contributed by atoms with E-state index in [0.29, 0.717) is 36.9 Å². The summed E-state index contributed by atoms with van der Waals surface area (Å²) >= 11 is 1.25. The van der Waals surface area contributed by atoms with Crippen LogP contribution in [0.3, 0.4) is 0 Å². The SMILES string of the molecule is CN(Cc1cn(C)cn1)C[C@H]1CN(S(=O)(=O)c2cccs2)CCN1c1ccc(O)cc1. The fourth-order valence-electron chi connectivity index (χ4n) is 3.97. The monoisotopic (exact) mass is 461 g/mol. The van der Waals surface area contributed by atoms with Gasteiger partial charge in [0.15, 0.2) is 0 Å². The van der Waals surface area contributed by atoms with E-state index in [4.69, 9.17) is 0 Å². The second-order valence-electron chi connectivity index (χ2n) is 7.89. The van der Waals surface area contributed by atoms with Crippen molar-refractivity contribution in [3.8, 4) is 5.75 Å². The van der Waals surface area contributed by atoms with Crippen LogP contribution in [0.25, 0.3) is 0 Å². The molecule has 1 saturated heterocycles. The van der Waals surface area contributed by atoms with Crippen LogP contribution in [0.15, 0.2) is 58.5 Å². The molecule has 10 heteroatoms. The molecule has 0 saturated carbocycles. The quantitative estimate of drug-likeness (QED) is 0.581. The first-order valence-electron chi connectivity index (χ1n) is 10.1. The summed E-state index contributed by atoms with van der Waals surface area (Å²) in [6.45, 7) is 2.75. The van der Waals surface area contributed by atoms with Gasteiger partial charge in [0.25, 0.3) is 10.0 Å². The number of imidazole rings is 1. The minimum Gasteiger partial charge on any atom is -0.508 e. The Bertz CT molecular complexity index is 1100. The Morgan fingerprint density at radius 2 is 2.00 bits per heavy atom. The number of aryl methyl sites for hydroxylation is 1. The van der Waals surface area contributed by atoms with Gasteiger partial charge in [0.05, 0.1) is 18.1 Å². The zero-order valence-electron chi connectivity index (χ0n) is 17.6. The van der Waals surface area contributed by atoms with Crippen molar-refractivity contribution in [1.82, 2.24) is 18.8 Å². The number of aromatic nitrogens is 2. The normalized spacial score (nSPS) is 18.0. The van der Waals surface area contributed by atoms with Gasteiger partial charge in [-0.3, -0.25) is 4.90 Å². The maximum Gasteiger partial charge on any atom is 0.252 e. The molecule has 31 heavy (non-hydrogen) atoms. The van der Waals surface area contributed by atoms with Crippen molar-refractivity contribution >= 4 is 27.0 Å². The zero-order valence-corrected chi connectivity index (χ0v) is 19.3. The standard InChI is InChI=1S/C21H27N5O3S2/c1-23(12-17-13-24(2)16-22-17)14-19-15-25(31(28,29)21-4-3-11-30-21)9-10-26(19)18-5-7-20(27)8-6-18/h3-8,11,13,16,19,27H,9-10,12,14-15H2,1-2H3/t19-/m0/s1. The van der Waals surface area contributed by atoms with E-state index < -0.39 is 10.0 Å². The van der Waals surface area contributed by atoms with Crippen molar-refractivity contribution < 1.29 is 13.5 Å². The van der Waals surface area contributed by atoms with E-state index in [1.807, 2.05) is 37.0 Å². The lowest BCUT2D eigenvalue weighted by atomic mass is 10.1. The Kier molecular flexibility index (Phi) is 6.33. The van der Waals surface area contributed by atoms with Crippen LogP contribution in [0.1, 0.15) is 5.69 Å². The number of hydrogen-bond donors (Lipinski definition) is 1. The first-order valence-corrected chi connectivity index (χ1v) is 12.4. The third kappa shape index (κ3) is 4.93. The van der Waals surface area contributed by atoms with Crippen LogP contribution in [-0.2, 0) is 23.6 Å². The van der Waals surface area contributed by atoms with Crippen LogP contribution in [0.4, 0.5) is 5.69 Å². The number of nitrogens with zero attached hydrogens (tertiary/aromatic N) is 5. The Morgan fingerprint density at radius 1 is 1.23 bits per heavy atom. The summed E-state index contributed by atoms with van der Waals surface area (Å²) in [7, 11) is 0.462. The van der Waals surface area contributed by atoms with Crippen LogP contribution in [0.2, 0.25) is 0 Å². The fourth-order valence-corrected chi connectivity index (χ4v) is 6.59. The molecular formula is C21H27N5O3S2. The highest BCUT2D eigenvalue weighted by molar-refractivity contribution is 7.91. The molecule has 166 valence electrons. The lowest BCUT2D eigenvalue weighted by Crippen LogP contribution is -2.58. The molecule has 4 rings (SSSR count). The molecule has 3 heterocycles. The van der Waals surface area contributed by atoms with Crippen LogP contribution >= 0.6 is 11.3 Å². The number of likely N-dealkylation sites (N-methyl/N-ethyl adjacent to an activating group) is 1. The summed E-state index contributed by atoms with van der Waals surface area (Å²) in [5, 5.41) is 11.5. The van der Waals surface area contributed by atoms with E-state index in [2.05, 4.69) is 14.8 Å². The molecule has 0 unspecified atom stereocenters. The molecule has 3 aromatic rings. The van der Waals surface area contributed by atoms with Crippen LogP contribution in [0, 0.1) is 0 Å². The predicted octanol–water partition coefficient (Wildman–Crippen LogP) is 2.20. The van der Waals surface area contributed by atoms with Crippen molar-refractivity contribution in [2.45, 2.75) is 16.8 Å². The third-order valence-electron chi connectivity index (χ3n) is 5.43. The molecule has 1 N–H and O–H groups in total. The number of rotatable bonds is 7. The summed E-state index contributed by atoms with van der Waals surface area (Å²) in [5.41, 5.74) is 1.95. The van der Waals surface area contributed by atoms with Crippen LogP contribution in [0.5, 0.6) is 5.75 Å². The van der Waals surface area contributed by atoms with E-state index in [1.165, 1.54) is 11.3 Å². The molecule has 0 radical (unpaired) electrons. The summed E-state index contributed by atoms with van der Waals surface area (Å²) in [4.78, 5) is 8.80. The Labute approximate surface area is 187 Å². The molecule has 1 fully saturated rings. The third-order valence-corrected chi connectivity index (χ3v) is 8.67. The summed E-state index contributed by atoms with van der Waals surface area (Å²) in [6, 6.07) is 10.5. The average molecular weight is 462 g/mol. The van der Waals surface area contributed by atoms with Gasteiger partial charge in [-0.15, -0.1) is 11.3 Å². The molecular weight excluding hydrogens is 434 g/mol. The summed E-state index contributed by atoms with van der Waals surface area (Å²) in [6.07, 6.45) is 3.77. The second-order valence-corrected chi connectivity index (χ2v) is 11.0. The van der Waals surface area contributed by atoms with Gasteiger partial charge in [-0.2, -0.15) is 4.31 Å². The maximum absolute atomic E-state index is 13.1. The fraction of sp³-hybridized carbons (Fsp3) is 0.381. The van der Waals surface area contributed by atoms with Crippen molar-refractivity contribution in [2.75, 3.05) is 38.1 Å². The molecule has 0 spiro atoms. The number of benzene rings is 1. The van der Waals surface area contributed by atoms with Gasteiger partial charge in [-0.05, 0) is 42.8 Å². The second kappa shape index (κ2) is 8.99. The molecule has 1 aliphatic heterocycles. The van der Waals surface area contributed by atoms with E-state index in [9.17, 15) is 13.5 Å². The molecule has 0 aliphatic carbocycles. The van der Waals surface area contributed by atoms with Crippen molar-refractivity contribution in [2.24, 2.45) is 7.05 Å². The summed E-state index contributed by atoms with van der Waals surface area (Å²) < 4.78 is 30.1. The van der Waals surface area contributed by atoms with Gasteiger partial charge in [0.1, 0.15) is 9.96 Å². The van der Waals surface area contributed by atoms with E-state index in [1.54, 1.807) is 40.3 Å². The number of phenols is 1. The largest absolute Gasteiger partial charge is 0.508 e. The Balaban J connectivity index is 1.55. The van der Waals surface area contributed by atoms with Gasteiger partial charge >= 0.3 is 0 Å². The van der Waals surface area contributed by atoms with Gasteiger partial charge in [0, 0.05) is 51.7 Å². The lowest BCUT2D eigenvalue weighted by molar-refractivity contribution is 0.247. The first kappa shape index (κ1) is 21.8. The number of piperazine rings is 1. The highest BCUT2D eigenvalue weighted by Gasteiger charge is 2.35. The van der Waals surface area contributed by atoms with E-state index in [0.717, 1.165) is 11.4 Å². The van der Waals surface area contributed by atoms with E-state index >= 15 is 0 Å². The average Bonchev–Trinajstić information content (AvgIpc) is 3.41. The van der Waals surface area contributed by atoms with Gasteiger partial charge in [-0.25, -0.2) is 13.4 Å². The maximum atomic E-state index is 13.1. The van der Waals surface area contributed by atoms with Gasteiger partial charge in [-0.1, -0.05) is 6.07 Å². The minimum atomic E-state index is -3.50. The van der Waals surface area contributed by atoms with Crippen molar-refractivity contribution in [1.29, 1.82) is 0 Å². The first-order chi connectivity index (χ1) is 14.8. The van der Waals surface area contributed by atoms with Gasteiger partial charge < -0.3 is 14.6 Å². The number of thiophene rings is 1. The number of hydrogen-bond acceptors (Lipinski definition) is 7. The lowest BCUT2D eigenvalue weighted by Gasteiger charge is -2.43.